The van der Waals surface area contributed by atoms with E-state index in [0.29, 0.717) is 18.7 Å². The fraction of sp³-hybridized carbons (Fsp3) is 0.125. The molecule has 0 atom stereocenters. The molecule has 1 heterocycles. The first kappa shape index (κ1) is 17.9. The lowest BCUT2D eigenvalue weighted by Gasteiger charge is -2.25. The van der Waals surface area contributed by atoms with Gasteiger partial charge in [0.25, 0.3) is 0 Å². The van der Waals surface area contributed by atoms with Gasteiger partial charge in [-0.25, -0.2) is 0 Å². The number of nitrogens with zero attached hydrogens (tertiary/aromatic N) is 1. The predicted octanol–water partition coefficient (Wildman–Crippen LogP) is 6.17. The number of fused-ring (bicyclic) bond motifs is 1. The van der Waals surface area contributed by atoms with Crippen molar-refractivity contribution in [3.63, 3.8) is 0 Å². The van der Waals surface area contributed by atoms with Crippen molar-refractivity contribution in [1.29, 1.82) is 0 Å². The number of para-hydroxylation sites is 4. The molecule has 0 unspecified atom stereocenters. The van der Waals surface area contributed by atoms with Crippen LogP contribution < -0.4 is 9.64 Å². The van der Waals surface area contributed by atoms with Gasteiger partial charge in [-0.05, 0) is 30.3 Å². The van der Waals surface area contributed by atoms with Gasteiger partial charge in [-0.2, -0.15) is 0 Å². The minimum Gasteiger partial charge on any atom is -0.464 e. The Kier molecular flexibility index (Phi) is 5.11. The van der Waals surface area contributed by atoms with Gasteiger partial charge >= 0.3 is 0 Å². The largest absolute Gasteiger partial charge is 0.464 e. The maximum atomic E-state index is 12.8. The molecule has 4 rings (SSSR count). The van der Waals surface area contributed by atoms with Crippen molar-refractivity contribution >= 4 is 22.6 Å². The van der Waals surface area contributed by atoms with Crippen LogP contribution in [0.5, 0.6) is 11.5 Å². The average Bonchev–Trinajstić information content (AvgIpc) is 3.22. The van der Waals surface area contributed by atoms with Gasteiger partial charge in [0.05, 0.1) is 18.5 Å². The van der Waals surface area contributed by atoms with Gasteiger partial charge in [-0.1, -0.05) is 55.5 Å². The van der Waals surface area contributed by atoms with Crippen LogP contribution in [0.1, 0.15) is 18.9 Å². The Hall–Kier alpha value is -3.53. The van der Waals surface area contributed by atoms with E-state index in [0.717, 1.165) is 28.0 Å². The molecule has 0 aliphatic carbocycles. The van der Waals surface area contributed by atoms with Crippen molar-refractivity contribution in [3.8, 4) is 11.5 Å². The topological polar surface area (TPSA) is 42.7 Å². The molecule has 3 aromatic carbocycles. The second kappa shape index (κ2) is 8.01. The molecule has 0 aliphatic rings. The number of hydrogen-bond acceptors (Lipinski definition) is 3. The maximum Gasteiger partial charge on any atom is 0.227 e. The molecule has 0 bridgehead atoms. The molecule has 4 aromatic rings. The van der Waals surface area contributed by atoms with Gasteiger partial charge in [0.2, 0.25) is 5.91 Å². The fourth-order valence-electron chi connectivity index (χ4n) is 3.23. The molecule has 0 spiro atoms. The van der Waals surface area contributed by atoms with E-state index in [1.165, 1.54) is 0 Å². The number of rotatable bonds is 6. The van der Waals surface area contributed by atoms with Crippen molar-refractivity contribution in [3.05, 3.63) is 90.7 Å². The lowest BCUT2D eigenvalue weighted by Crippen LogP contribution is -2.30. The van der Waals surface area contributed by atoms with Gasteiger partial charge in [0.15, 0.2) is 5.75 Å². The highest BCUT2D eigenvalue weighted by Crippen LogP contribution is 2.34. The highest BCUT2D eigenvalue weighted by Gasteiger charge is 2.20. The van der Waals surface area contributed by atoms with Crippen LogP contribution in [0.15, 0.2) is 89.5 Å². The Bertz CT molecular complexity index is 1090. The second-order valence-corrected chi connectivity index (χ2v) is 6.47. The van der Waals surface area contributed by atoms with Crippen LogP contribution in [0.2, 0.25) is 0 Å². The van der Waals surface area contributed by atoms with Crippen LogP contribution in [-0.4, -0.2) is 5.91 Å². The summed E-state index contributed by atoms with van der Waals surface area (Å²) in [5, 5.41) is 1.02. The minimum absolute atomic E-state index is 0.0210. The minimum atomic E-state index is 0.0210. The summed E-state index contributed by atoms with van der Waals surface area (Å²) in [6.07, 6.45) is 2.07. The van der Waals surface area contributed by atoms with E-state index in [1.54, 1.807) is 11.2 Å². The summed E-state index contributed by atoms with van der Waals surface area (Å²) in [6, 6.07) is 25.1. The summed E-state index contributed by atoms with van der Waals surface area (Å²) in [4.78, 5) is 14.6. The number of hydrogen-bond donors (Lipinski definition) is 0. The summed E-state index contributed by atoms with van der Waals surface area (Å²) in [5.41, 5.74) is 2.50. The van der Waals surface area contributed by atoms with E-state index in [1.807, 2.05) is 85.8 Å². The van der Waals surface area contributed by atoms with E-state index >= 15 is 0 Å². The molecule has 1 aromatic heterocycles. The summed E-state index contributed by atoms with van der Waals surface area (Å²) in [5.74, 6) is 1.39. The van der Waals surface area contributed by atoms with Crippen molar-refractivity contribution in [1.82, 2.24) is 0 Å². The van der Waals surface area contributed by atoms with Crippen molar-refractivity contribution in [2.24, 2.45) is 0 Å². The number of ether oxygens (including phenoxy) is 1. The van der Waals surface area contributed by atoms with E-state index in [9.17, 15) is 4.79 Å². The van der Waals surface area contributed by atoms with Crippen LogP contribution in [0.4, 0.5) is 5.69 Å². The van der Waals surface area contributed by atoms with Gasteiger partial charge in [0.1, 0.15) is 11.3 Å². The first-order valence-electron chi connectivity index (χ1n) is 9.33. The Morgan fingerprint density at radius 2 is 1.71 bits per heavy atom. The van der Waals surface area contributed by atoms with Crippen LogP contribution in [-0.2, 0) is 11.3 Å². The highest BCUT2D eigenvalue weighted by molar-refractivity contribution is 5.95. The van der Waals surface area contributed by atoms with Crippen molar-refractivity contribution in [2.45, 2.75) is 19.9 Å². The molecular weight excluding hydrogens is 350 g/mol. The Morgan fingerprint density at radius 3 is 2.54 bits per heavy atom. The van der Waals surface area contributed by atoms with E-state index in [2.05, 4.69) is 0 Å². The zero-order valence-electron chi connectivity index (χ0n) is 15.7. The summed E-state index contributed by atoms with van der Waals surface area (Å²) < 4.78 is 11.7. The van der Waals surface area contributed by atoms with Crippen LogP contribution in [0, 0.1) is 0 Å². The summed E-state index contributed by atoms with van der Waals surface area (Å²) in [7, 11) is 0. The van der Waals surface area contributed by atoms with Crippen LogP contribution in [0.25, 0.3) is 11.0 Å². The Labute approximate surface area is 164 Å². The summed E-state index contributed by atoms with van der Waals surface area (Å²) in [6.45, 7) is 2.27. The SMILES string of the molecule is CCC(=O)N(Cc1cccc2ccoc12)c1ccccc1Oc1ccccc1. The normalized spacial score (nSPS) is 10.8. The van der Waals surface area contributed by atoms with Gasteiger partial charge in [-0.15, -0.1) is 0 Å². The molecule has 0 fully saturated rings. The fourth-order valence-corrected chi connectivity index (χ4v) is 3.23. The van der Waals surface area contributed by atoms with E-state index < -0.39 is 0 Å². The second-order valence-electron chi connectivity index (χ2n) is 6.47. The summed E-state index contributed by atoms with van der Waals surface area (Å²) >= 11 is 0. The molecule has 0 N–H and O–H groups in total. The molecule has 4 nitrogen and oxygen atoms in total. The zero-order valence-corrected chi connectivity index (χ0v) is 15.7. The lowest BCUT2D eigenvalue weighted by molar-refractivity contribution is -0.118. The third-order valence-electron chi connectivity index (χ3n) is 4.62. The first-order chi connectivity index (χ1) is 13.8. The number of carbonyl (C=O) groups excluding carboxylic acids is 1. The Morgan fingerprint density at radius 1 is 0.929 bits per heavy atom. The molecular formula is C24H21NO3. The number of anilines is 1. The molecule has 4 heteroatoms. The van der Waals surface area contributed by atoms with Gasteiger partial charge in [0, 0.05) is 17.4 Å². The van der Waals surface area contributed by atoms with Gasteiger partial charge < -0.3 is 14.1 Å². The smallest absolute Gasteiger partial charge is 0.227 e. The average molecular weight is 371 g/mol. The molecule has 140 valence electrons. The number of benzene rings is 3. The molecule has 0 radical (unpaired) electrons. The molecule has 0 saturated heterocycles. The molecule has 1 amide bonds. The molecule has 28 heavy (non-hydrogen) atoms. The van der Waals surface area contributed by atoms with E-state index in [4.69, 9.17) is 9.15 Å². The van der Waals surface area contributed by atoms with Crippen molar-refractivity contribution in [2.75, 3.05) is 4.90 Å². The number of furan rings is 1. The third-order valence-corrected chi connectivity index (χ3v) is 4.62. The third kappa shape index (κ3) is 3.62. The first-order valence-corrected chi connectivity index (χ1v) is 9.33. The van der Waals surface area contributed by atoms with E-state index in [-0.39, 0.29) is 5.91 Å². The standard InChI is InChI=1S/C24H21NO3/c1-2-23(26)25(17-19-10-8-9-18-15-16-27-24(18)19)21-13-6-7-14-22(21)28-20-11-4-3-5-12-20/h3-16H,2,17H2,1H3. The molecule has 0 saturated carbocycles. The predicted molar refractivity (Wildman–Crippen MR) is 111 cm³/mol. The quantitative estimate of drug-likeness (QED) is 0.407. The van der Waals surface area contributed by atoms with Crippen LogP contribution >= 0.6 is 0 Å². The zero-order chi connectivity index (χ0) is 19.3. The number of amides is 1. The highest BCUT2D eigenvalue weighted by atomic mass is 16.5. The molecule has 0 aliphatic heterocycles. The monoisotopic (exact) mass is 371 g/mol. The van der Waals surface area contributed by atoms with Crippen LogP contribution in [0.3, 0.4) is 0 Å². The van der Waals surface area contributed by atoms with Gasteiger partial charge in [-0.3, -0.25) is 4.79 Å². The lowest BCUT2D eigenvalue weighted by atomic mass is 10.1. The maximum absolute atomic E-state index is 12.8. The Balaban J connectivity index is 1.72. The number of carbonyl (C=O) groups is 1. The van der Waals surface area contributed by atoms with Crippen molar-refractivity contribution < 1.29 is 13.9 Å².